The molecule has 0 saturated heterocycles. The topological polar surface area (TPSA) is 75.6 Å². The predicted molar refractivity (Wildman–Crippen MR) is 71.4 cm³/mol. The molecule has 0 saturated carbocycles. The summed E-state index contributed by atoms with van der Waals surface area (Å²) < 4.78 is 5.39. The van der Waals surface area contributed by atoms with Crippen LogP contribution in [-0.2, 0) is 9.59 Å². The van der Waals surface area contributed by atoms with Crippen LogP contribution in [0.5, 0.6) is 5.75 Å². The molecule has 1 aromatic carbocycles. The smallest absolute Gasteiger partial charge is 0.328 e. The van der Waals surface area contributed by atoms with Crippen molar-refractivity contribution in [2.24, 2.45) is 0 Å². The second-order valence-electron chi connectivity index (χ2n) is 4.63. The molecule has 0 aliphatic heterocycles. The maximum atomic E-state index is 11.8. The van der Waals surface area contributed by atoms with Crippen LogP contribution in [0, 0.1) is 0 Å². The number of carboxylic acids is 1. The van der Waals surface area contributed by atoms with Crippen LogP contribution in [0.4, 0.5) is 0 Å². The third kappa shape index (κ3) is 4.44. The van der Waals surface area contributed by atoms with Crippen molar-refractivity contribution in [3.05, 3.63) is 29.3 Å². The zero-order valence-corrected chi connectivity index (χ0v) is 11.7. The number of ether oxygens (including phenoxy) is 1. The Morgan fingerprint density at radius 2 is 1.84 bits per heavy atom. The number of benzene rings is 1. The van der Waals surface area contributed by atoms with Gasteiger partial charge in [-0.2, -0.15) is 0 Å². The van der Waals surface area contributed by atoms with Crippen molar-refractivity contribution in [3.8, 4) is 5.75 Å². The molecule has 0 bridgehead atoms. The highest BCUT2D eigenvalue weighted by Crippen LogP contribution is 2.17. The summed E-state index contributed by atoms with van der Waals surface area (Å²) in [5, 5.41) is 11.9. The van der Waals surface area contributed by atoms with Crippen LogP contribution >= 0.6 is 11.6 Å². The van der Waals surface area contributed by atoms with Crippen molar-refractivity contribution in [2.75, 3.05) is 0 Å². The molecule has 0 fully saturated rings. The lowest BCUT2D eigenvalue weighted by molar-refractivity contribution is -0.147. The first-order chi connectivity index (χ1) is 8.72. The second kappa shape index (κ2) is 5.93. The highest BCUT2D eigenvalue weighted by molar-refractivity contribution is 6.30. The van der Waals surface area contributed by atoms with Gasteiger partial charge in [0.15, 0.2) is 6.10 Å². The number of carbonyl (C=O) groups excluding carboxylic acids is 1. The number of amides is 1. The van der Waals surface area contributed by atoms with Gasteiger partial charge in [0.1, 0.15) is 11.3 Å². The summed E-state index contributed by atoms with van der Waals surface area (Å²) in [6.07, 6.45) is -0.806. The van der Waals surface area contributed by atoms with E-state index in [4.69, 9.17) is 21.4 Å². The summed E-state index contributed by atoms with van der Waals surface area (Å²) in [5.41, 5.74) is -1.34. The van der Waals surface area contributed by atoms with Gasteiger partial charge in [0, 0.05) is 5.02 Å². The van der Waals surface area contributed by atoms with Gasteiger partial charge in [0.2, 0.25) is 0 Å². The van der Waals surface area contributed by atoms with Crippen LogP contribution in [0.15, 0.2) is 24.3 Å². The molecule has 1 amide bonds. The van der Waals surface area contributed by atoms with Gasteiger partial charge in [-0.3, -0.25) is 4.79 Å². The molecule has 1 rings (SSSR count). The summed E-state index contributed by atoms with van der Waals surface area (Å²) in [7, 11) is 0. The largest absolute Gasteiger partial charge is 0.481 e. The van der Waals surface area contributed by atoms with Crippen LogP contribution in [0.25, 0.3) is 0 Å². The number of hydrogen-bond donors (Lipinski definition) is 2. The zero-order valence-electron chi connectivity index (χ0n) is 10.9. The van der Waals surface area contributed by atoms with Crippen molar-refractivity contribution < 1.29 is 19.4 Å². The highest BCUT2D eigenvalue weighted by atomic mass is 35.5. The molecule has 2 N–H and O–H groups in total. The average Bonchev–Trinajstić information content (AvgIpc) is 2.31. The quantitative estimate of drug-likeness (QED) is 0.868. The Kier molecular flexibility index (Phi) is 4.78. The molecule has 104 valence electrons. The predicted octanol–water partition coefficient (Wildman–Crippen LogP) is 2.09. The number of aliphatic carboxylic acids is 1. The molecule has 0 spiro atoms. The van der Waals surface area contributed by atoms with Gasteiger partial charge in [0.05, 0.1) is 0 Å². The third-order valence-corrected chi connectivity index (χ3v) is 2.72. The lowest BCUT2D eigenvalue weighted by Crippen LogP contribution is -2.53. The highest BCUT2D eigenvalue weighted by Gasteiger charge is 2.31. The SMILES string of the molecule is CC(Oc1ccc(Cl)cc1)C(=O)NC(C)(C)C(=O)O. The number of hydrogen-bond acceptors (Lipinski definition) is 3. The Bertz CT molecular complexity index is 470. The van der Waals surface area contributed by atoms with E-state index in [1.54, 1.807) is 31.2 Å². The Morgan fingerprint density at radius 3 is 2.32 bits per heavy atom. The normalized spacial score (nSPS) is 12.6. The molecule has 0 aliphatic carbocycles. The summed E-state index contributed by atoms with van der Waals surface area (Å²) in [6, 6.07) is 6.55. The van der Waals surface area contributed by atoms with Gasteiger partial charge in [-0.05, 0) is 45.0 Å². The summed E-state index contributed by atoms with van der Waals surface area (Å²) >= 11 is 5.73. The molecule has 0 aliphatic rings. The Morgan fingerprint density at radius 1 is 1.32 bits per heavy atom. The van der Waals surface area contributed by atoms with Crippen molar-refractivity contribution in [3.63, 3.8) is 0 Å². The maximum Gasteiger partial charge on any atom is 0.328 e. The van der Waals surface area contributed by atoms with Gasteiger partial charge in [-0.1, -0.05) is 11.6 Å². The van der Waals surface area contributed by atoms with E-state index in [0.717, 1.165) is 0 Å². The molecule has 0 aromatic heterocycles. The number of carbonyl (C=O) groups is 2. The lowest BCUT2D eigenvalue weighted by atomic mass is 10.1. The van der Waals surface area contributed by atoms with Crippen molar-refractivity contribution >= 4 is 23.5 Å². The van der Waals surface area contributed by atoms with Crippen LogP contribution < -0.4 is 10.1 Å². The fraction of sp³-hybridized carbons (Fsp3) is 0.385. The van der Waals surface area contributed by atoms with Crippen LogP contribution in [0.3, 0.4) is 0 Å². The fourth-order valence-electron chi connectivity index (χ4n) is 1.23. The first-order valence-electron chi connectivity index (χ1n) is 5.70. The molecule has 1 aromatic rings. The monoisotopic (exact) mass is 285 g/mol. The minimum absolute atomic E-state index is 0.486. The molecule has 0 radical (unpaired) electrons. The molecule has 5 nitrogen and oxygen atoms in total. The lowest BCUT2D eigenvalue weighted by Gasteiger charge is -2.23. The summed E-state index contributed by atoms with van der Waals surface area (Å²) in [5.74, 6) is -1.12. The van der Waals surface area contributed by atoms with Crippen molar-refractivity contribution in [1.29, 1.82) is 0 Å². The van der Waals surface area contributed by atoms with E-state index in [1.165, 1.54) is 13.8 Å². The minimum atomic E-state index is -1.34. The summed E-state index contributed by atoms with van der Waals surface area (Å²) in [4.78, 5) is 22.7. The van der Waals surface area contributed by atoms with Crippen LogP contribution in [0.2, 0.25) is 5.02 Å². The fourth-order valence-corrected chi connectivity index (χ4v) is 1.36. The van der Waals surface area contributed by atoms with Gasteiger partial charge < -0.3 is 15.2 Å². The molecule has 6 heteroatoms. The van der Waals surface area contributed by atoms with Gasteiger partial charge in [0.25, 0.3) is 5.91 Å². The Labute approximate surface area is 116 Å². The average molecular weight is 286 g/mol. The molecule has 1 atom stereocenters. The molecule has 1 unspecified atom stereocenters. The third-order valence-electron chi connectivity index (χ3n) is 2.47. The van der Waals surface area contributed by atoms with Crippen LogP contribution in [-0.4, -0.2) is 28.6 Å². The first kappa shape index (κ1) is 15.3. The van der Waals surface area contributed by atoms with Crippen LogP contribution in [0.1, 0.15) is 20.8 Å². The molecular weight excluding hydrogens is 270 g/mol. The van der Waals surface area contributed by atoms with E-state index in [2.05, 4.69) is 5.32 Å². The Hall–Kier alpha value is -1.75. The number of halogens is 1. The second-order valence-corrected chi connectivity index (χ2v) is 5.07. The van der Waals surface area contributed by atoms with E-state index in [1.807, 2.05) is 0 Å². The van der Waals surface area contributed by atoms with Crippen molar-refractivity contribution in [1.82, 2.24) is 5.32 Å². The zero-order chi connectivity index (χ0) is 14.6. The summed E-state index contributed by atoms with van der Waals surface area (Å²) in [6.45, 7) is 4.35. The maximum absolute atomic E-state index is 11.8. The molecular formula is C13H16ClNO4. The van der Waals surface area contributed by atoms with E-state index in [0.29, 0.717) is 10.8 Å². The van der Waals surface area contributed by atoms with E-state index < -0.39 is 23.5 Å². The van der Waals surface area contributed by atoms with E-state index >= 15 is 0 Å². The minimum Gasteiger partial charge on any atom is -0.481 e. The van der Waals surface area contributed by atoms with E-state index in [9.17, 15) is 9.59 Å². The number of carboxylic acid groups (broad SMARTS) is 1. The first-order valence-corrected chi connectivity index (χ1v) is 6.08. The van der Waals surface area contributed by atoms with E-state index in [-0.39, 0.29) is 0 Å². The standard InChI is InChI=1S/C13H16ClNO4/c1-8(11(16)15-13(2,3)12(17)18)19-10-6-4-9(14)5-7-10/h4-8H,1-3H3,(H,15,16)(H,17,18). The van der Waals surface area contributed by atoms with Gasteiger partial charge in [-0.25, -0.2) is 4.79 Å². The number of nitrogens with one attached hydrogen (secondary N) is 1. The van der Waals surface area contributed by atoms with Gasteiger partial charge >= 0.3 is 5.97 Å². The molecule has 19 heavy (non-hydrogen) atoms. The van der Waals surface area contributed by atoms with Gasteiger partial charge in [-0.15, -0.1) is 0 Å². The number of rotatable bonds is 5. The Balaban J connectivity index is 2.63. The molecule has 0 heterocycles. The van der Waals surface area contributed by atoms with Crippen molar-refractivity contribution in [2.45, 2.75) is 32.4 Å².